The number of pyridine rings is 1. The number of carbonyl (C=O) groups is 1. The smallest absolute Gasteiger partial charge is 0.421 e. The first-order valence-electron chi connectivity index (χ1n) is 11.8. The minimum absolute atomic E-state index is 0.0343. The first-order chi connectivity index (χ1) is 17.4. The Morgan fingerprint density at radius 2 is 1.92 bits per heavy atom. The number of alkyl halides is 3. The summed E-state index contributed by atoms with van der Waals surface area (Å²) in [5.41, 5.74) is -0.927. The largest absolute Gasteiger partial charge is 0.477 e. The number of fused-ring (bicyclic) bond motifs is 1. The number of nitrogens with zero attached hydrogens (tertiary/aromatic N) is 6. The van der Waals surface area contributed by atoms with Crippen LogP contribution in [0.15, 0.2) is 24.5 Å². The van der Waals surface area contributed by atoms with E-state index in [1.807, 2.05) is 6.07 Å². The fourth-order valence-corrected chi connectivity index (χ4v) is 4.11. The number of hydrogen-bond acceptors (Lipinski definition) is 7. The van der Waals surface area contributed by atoms with E-state index in [1.54, 1.807) is 49.5 Å². The van der Waals surface area contributed by atoms with Gasteiger partial charge in [-0.2, -0.15) is 18.4 Å². The molecule has 0 N–H and O–H groups in total. The molecule has 37 heavy (non-hydrogen) atoms. The fourth-order valence-electron chi connectivity index (χ4n) is 4.11. The molecule has 1 aliphatic rings. The van der Waals surface area contributed by atoms with Crippen LogP contribution < -0.4 is 4.74 Å². The molecule has 0 aliphatic carbocycles. The number of aryl methyl sites for hydroxylation is 1. The zero-order chi connectivity index (χ0) is 27.0. The van der Waals surface area contributed by atoms with Gasteiger partial charge in [0.05, 0.1) is 12.3 Å². The van der Waals surface area contributed by atoms with Crippen molar-refractivity contribution in [1.82, 2.24) is 24.4 Å². The van der Waals surface area contributed by atoms with Crippen molar-refractivity contribution in [3.63, 3.8) is 0 Å². The maximum absolute atomic E-state index is 14.0. The van der Waals surface area contributed by atoms with Crippen molar-refractivity contribution in [2.45, 2.75) is 45.4 Å². The van der Waals surface area contributed by atoms with E-state index >= 15 is 0 Å². The van der Waals surface area contributed by atoms with Gasteiger partial charge >= 0.3 is 12.3 Å². The monoisotopic (exact) mass is 516 g/mol. The first kappa shape index (κ1) is 26.2. The third-order valence-electron chi connectivity index (χ3n) is 5.98. The molecule has 4 rings (SSSR count). The third-order valence-corrected chi connectivity index (χ3v) is 5.98. The lowest BCUT2D eigenvalue weighted by Gasteiger charge is -2.33. The Morgan fingerprint density at radius 3 is 2.54 bits per heavy atom. The second kappa shape index (κ2) is 9.88. The Hall–Kier alpha value is -3.88. The average molecular weight is 517 g/mol. The number of nitriles is 1. The van der Waals surface area contributed by atoms with Gasteiger partial charge in [0.2, 0.25) is 11.7 Å². The van der Waals surface area contributed by atoms with Crippen LogP contribution in [-0.4, -0.2) is 55.8 Å². The predicted octanol–water partition coefficient (Wildman–Crippen LogP) is 4.95. The third kappa shape index (κ3) is 5.93. The lowest BCUT2D eigenvalue weighted by atomic mass is 9.98. The van der Waals surface area contributed by atoms with Gasteiger partial charge in [0.15, 0.2) is 0 Å². The Morgan fingerprint density at radius 1 is 1.22 bits per heavy atom. The average Bonchev–Trinajstić information content (AvgIpc) is 3.21. The van der Waals surface area contributed by atoms with E-state index in [2.05, 4.69) is 15.0 Å². The van der Waals surface area contributed by atoms with E-state index in [9.17, 15) is 23.2 Å². The Balaban J connectivity index is 1.52. The number of aromatic nitrogens is 4. The minimum atomic E-state index is -4.72. The first-order valence-corrected chi connectivity index (χ1v) is 11.8. The summed E-state index contributed by atoms with van der Waals surface area (Å²) in [6.45, 7) is 6.27. The molecular formula is C25H27F3N6O3. The zero-order valence-corrected chi connectivity index (χ0v) is 21.0. The van der Waals surface area contributed by atoms with Crippen LogP contribution in [0.1, 0.15) is 45.0 Å². The van der Waals surface area contributed by atoms with E-state index in [4.69, 9.17) is 9.47 Å². The molecule has 0 spiro atoms. The molecule has 1 fully saturated rings. The summed E-state index contributed by atoms with van der Waals surface area (Å²) in [6, 6.07) is 4.45. The molecule has 0 aromatic carbocycles. The Bertz CT molecular complexity index is 1350. The molecule has 0 atom stereocenters. The van der Waals surface area contributed by atoms with Crippen molar-refractivity contribution in [1.29, 1.82) is 5.26 Å². The quantitative estimate of drug-likeness (QED) is 0.483. The Labute approximate surface area is 211 Å². The number of likely N-dealkylation sites (tertiary alicyclic amines) is 1. The SMILES string of the molecule is Cn1ccc2c(-c3cnc(OCC4CCN(C(=O)OC(C)(C)C)CC4)c(C(F)(F)F)c3)nc(C#N)nc21. The summed E-state index contributed by atoms with van der Waals surface area (Å²) in [5.74, 6) is -0.717. The standard InChI is InChI=1S/C25H27F3N6O3/c1-24(2,3)37-23(35)34-9-5-15(6-10-34)14-36-22-18(25(26,27)28)11-16(13-30-22)20-17-7-8-33(4)21(17)32-19(12-29)31-20/h7-8,11,13,15H,5-6,9-10,14H2,1-4H3. The zero-order valence-electron chi connectivity index (χ0n) is 21.0. The van der Waals surface area contributed by atoms with Gasteiger partial charge in [-0.15, -0.1) is 0 Å². The van der Waals surface area contributed by atoms with E-state index < -0.39 is 29.3 Å². The van der Waals surface area contributed by atoms with E-state index in [-0.39, 0.29) is 29.6 Å². The highest BCUT2D eigenvalue weighted by Crippen LogP contribution is 2.38. The highest BCUT2D eigenvalue weighted by Gasteiger charge is 2.37. The van der Waals surface area contributed by atoms with Crippen LogP contribution in [-0.2, 0) is 18.0 Å². The van der Waals surface area contributed by atoms with E-state index in [0.717, 1.165) is 6.07 Å². The van der Waals surface area contributed by atoms with Gasteiger partial charge in [0.25, 0.3) is 0 Å². The molecule has 0 bridgehead atoms. The number of carbonyl (C=O) groups excluding carboxylic acids is 1. The maximum Gasteiger partial charge on any atom is 0.421 e. The van der Waals surface area contributed by atoms with Gasteiger partial charge in [-0.3, -0.25) is 0 Å². The molecule has 3 aromatic rings. The number of rotatable bonds is 4. The second-order valence-electron chi connectivity index (χ2n) is 9.97. The van der Waals surface area contributed by atoms with Crippen molar-refractivity contribution in [2.24, 2.45) is 13.0 Å². The van der Waals surface area contributed by atoms with Crippen LogP contribution in [0.25, 0.3) is 22.3 Å². The molecule has 12 heteroatoms. The Kier molecular flexibility index (Phi) is 6.99. The number of ether oxygens (including phenoxy) is 2. The van der Waals surface area contributed by atoms with Crippen LogP contribution in [0.2, 0.25) is 0 Å². The van der Waals surface area contributed by atoms with E-state index in [1.165, 1.54) is 6.20 Å². The molecule has 0 radical (unpaired) electrons. The summed E-state index contributed by atoms with van der Waals surface area (Å²) < 4.78 is 54.5. The van der Waals surface area contributed by atoms with Crippen molar-refractivity contribution >= 4 is 17.1 Å². The van der Waals surface area contributed by atoms with Gasteiger partial charge < -0.3 is 18.9 Å². The number of halogens is 3. The maximum atomic E-state index is 14.0. The van der Waals surface area contributed by atoms with Crippen molar-refractivity contribution in [3.8, 4) is 23.2 Å². The van der Waals surface area contributed by atoms with Crippen LogP contribution in [0.5, 0.6) is 5.88 Å². The molecule has 0 unspecified atom stereocenters. The fraction of sp³-hybridized carbons (Fsp3) is 0.480. The topological polar surface area (TPSA) is 106 Å². The van der Waals surface area contributed by atoms with Crippen LogP contribution in [0.3, 0.4) is 0 Å². The minimum Gasteiger partial charge on any atom is -0.477 e. The van der Waals surface area contributed by atoms with Crippen molar-refractivity contribution < 1.29 is 27.4 Å². The summed E-state index contributed by atoms with van der Waals surface area (Å²) in [6.07, 6.45) is -1.04. The van der Waals surface area contributed by atoms with Gasteiger partial charge in [-0.1, -0.05) is 0 Å². The predicted molar refractivity (Wildman–Crippen MR) is 127 cm³/mol. The lowest BCUT2D eigenvalue weighted by Crippen LogP contribution is -2.42. The molecule has 196 valence electrons. The normalized spacial score (nSPS) is 15.0. The summed E-state index contributed by atoms with van der Waals surface area (Å²) in [5, 5.41) is 9.79. The molecular weight excluding hydrogens is 489 g/mol. The van der Waals surface area contributed by atoms with Crippen LogP contribution in [0, 0.1) is 17.2 Å². The van der Waals surface area contributed by atoms with Crippen LogP contribution >= 0.6 is 0 Å². The van der Waals surface area contributed by atoms with Gasteiger partial charge in [0.1, 0.15) is 22.9 Å². The highest BCUT2D eigenvalue weighted by molar-refractivity contribution is 5.91. The van der Waals surface area contributed by atoms with Crippen LogP contribution in [0.4, 0.5) is 18.0 Å². The number of hydrogen-bond donors (Lipinski definition) is 0. The summed E-state index contributed by atoms with van der Waals surface area (Å²) in [4.78, 5) is 26.1. The molecule has 3 aromatic heterocycles. The summed E-state index contributed by atoms with van der Waals surface area (Å²) >= 11 is 0. The molecule has 0 saturated carbocycles. The van der Waals surface area contributed by atoms with Gasteiger partial charge in [-0.05, 0) is 51.7 Å². The number of amides is 1. The molecule has 1 aliphatic heterocycles. The molecule has 4 heterocycles. The molecule has 1 saturated heterocycles. The van der Waals surface area contributed by atoms with Crippen molar-refractivity contribution in [3.05, 3.63) is 35.9 Å². The van der Waals surface area contributed by atoms with Gasteiger partial charge in [-0.25, -0.2) is 19.7 Å². The molecule has 1 amide bonds. The number of piperidine rings is 1. The lowest BCUT2D eigenvalue weighted by molar-refractivity contribution is -0.139. The molecule has 9 nitrogen and oxygen atoms in total. The highest BCUT2D eigenvalue weighted by atomic mass is 19.4. The van der Waals surface area contributed by atoms with Gasteiger partial charge in [0, 0.05) is 43.5 Å². The second-order valence-corrected chi connectivity index (χ2v) is 9.97. The summed E-state index contributed by atoms with van der Waals surface area (Å²) in [7, 11) is 1.72. The van der Waals surface area contributed by atoms with E-state index in [0.29, 0.717) is 37.0 Å². The van der Waals surface area contributed by atoms with Crippen molar-refractivity contribution in [2.75, 3.05) is 19.7 Å².